The lowest BCUT2D eigenvalue weighted by Crippen LogP contribution is -2.55. The molecule has 43 heavy (non-hydrogen) atoms. The van der Waals surface area contributed by atoms with Crippen molar-refractivity contribution >= 4 is 33.5 Å². The van der Waals surface area contributed by atoms with Gasteiger partial charge in [0.2, 0.25) is 0 Å². The molecule has 11 heteroatoms. The first kappa shape index (κ1) is 29.5. The summed E-state index contributed by atoms with van der Waals surface area (Å²) >= 11 is 0. The largest absolute Gasteiger partial charge is 0.497 e. The molecule has 1 aliphatic carbocycles. The molecule has 1 saturated carbocycles. The number of anilines is 2. The van der Waals surface area contributed by atoms with Crippen LogP contribution in [0.4, 0.5) is 16.2 Å². The van der Waals surface area contributed by atoms with Gasteiger partial charge in [-0.2, -0.15) is 8.42 Å². The maximum Gasteiger partial charge on any atom is 0.330 e. The summed E-state index contributed by atoms with van der Waals surface area (Å²) in [6.07, 6.45) is 0.307. The molecule has 1 aliphatic rings. The number of hydrogen-bond acceptors (Lipinski definition) is 6. The van der Waals surface area contributed by atoms with Gasteiger partial charge in [0.1, 0.15) is 23.6 Å². The number of carbonyl (C=O) groups excluding carboxylic acids is 2. The molecule has 0 bridgehead atoms. The van der Waals surface area contributed by atoms with Crippen LogP contribution in [-0.2, 0) is 21.6 Å². The van der Waals surface area contributed by atoms with Crippen LogP contribution in [0.3, 0.4) is 0 Å². The fourth-order valence-corrected chi connectivity index (χ4v) is 5.68. The van der Waals surface area contributed by atoms with Crippen LogP contribution in [-0.4, -0.2) is 40.1 Å². The SMILES string of the molecule is COc1ccc(N(C)C(=O)[C@@]2(NC(=O)NS(=O)(=O)Nc3ccc(OCc4ccccc4)cc3)C[C@@H]2c2ccccc2)cc1. The van der Waals surface area contributed by atoms with E-state index in [0.29, 0.717) is 30.2 Å². The molecule has 10 nitrogen and oxygen atoms in total. The quantitative estimate of drug-likeness (QED) is 0.227. The van der Waals surface area contributed by atoms with E-state index in [9.17, 15) is 18.0 Å². The van der Waals surface area contributed by atoms with E-state index in [0.717, 1.165) is 11.1 Å². The maximum atomic E-state index is 13.8. The highest BCUT2D eigenvalue weighted by Crippen LogP contribution is 2.52. The van der Waals surface area contributed by atoms with Crippen molar-refractivity contribution in [3.8, 4) is 11.5 Å². The molecule has 222 valence electrons. The van der Waals surface area contributed by atoms with Gasteiger partial charge in [-0.1, -0.05) is 60.7 Å². The standard InChI is InChI=1S/C32H32N4O6S/c1-36(26-15-19-27(41-2)20-16-26)30(37)32(21-29(32)24-11-7-4-8-12-24)33-31(38)35-43(39,40)34-25-13-17-28(18-14-25)42-22-23-9-5-3-6-10-23/h3-20,29,34H,21-22H2,1-2H3,(H2,33,35,38)/t29-,32-/m1/s1. The Morgan fingerprint density at radius 3 is 2.09 bits per heavy atom. The van der Waals surface area contributed by atoms with Crippen LogP contribution < -0.4 is 29.1 Å². The monoisotopic (exact) mass is 600 g/mol. The van der Waals surface area contributed by atoms with Gasteiger partial charge < -0.3 is 19.7 Å². The Balaban J connectivity index is 1.25. The van der Waals surface area contributed by atoms with Gasteiger partial charge in [0.15, 0.2) is 0 Å². The molecule has 0 spiro atoms. The fourth-order valence-electron chi connectivity index (χ4n) is 4.89. The lowest BCUT2D eigenvalue weighted by molar-refractivity contribution is -0.121. The van der Waals surface area contributed by atoms with Crippen LogP contribution in [0.1, 0.15) is 23.5 Å². The number of ether oxygens (including phenoxy) is 2. The van der Waals surface area contributed by atoms with Crippen LogP contribution in [0, 0.1) is 0 Å². The first-order chi connectivity index (χ1) is 20.7. The Morgan fingerprint density at radius 2 is 1.47 bits per heavy atom. The molecule has 2 atom stereocenters. The third-order valence-electron chi connectivity index (χ3n) is 7.23. The molecule has 3 N–H and O–H groups in total. The van der Waals surface area contributed by atoms with Crippen molar-refractivity contribution in [2.45, 2.75) is 24.5 Å². The van der Waals surface area contributed by atoms with Crippen molar-refractivity contribution in [2.24, 2.45) is 0 Å². The molecule has 0 aromatic heterocycles. The topological polar surface area (TPSA) is 126 Å². The third-order valence-corrected chi connectivity index (χ3v) is 8.19. The van der Waals surface area contributed by atoms with Crippen LogP contribution in [0.25, 0.3) is 0 Å². The average molecular weight is 601 g/mol. The zero-order valence-corrected chi connectivity index (χ0v) is 24.5. The van der Waals surface area contributed by atoms with Crippen molar-refractivity contribution in [1.29, 1.82) is 0 Å². The molecule has 3 amide bonds. The summed E-state index contributed by atoms with van der Waals surface area (Å²) in [5, 5.41) is 2.67. The maximum absolute atomic E-state index is 13.8. The molecule has 0 radical (unpaired) electrons. The molecular weight excluding hydrogens is 568 g/mol. The molecule has 4 aromatic rings. The second kappa shape index (κ2) is 12.5. The van der Waals surface area contributed by atoms with Gasteiger partial charge in [0.05, 0.1) is 12.8 Å². The number of rotatable bonds is 11. The fraction of sp³-hybridized carbons (Fsp3) is 0.188. The number of methoxy groups -OCH3 is 1. The molecule has 0 aliphatic heterocycles. The number of likely N-dealkylation sites (N-methyl/N-ethyl adjacent to an activating group) is 1. The number of hydrogen-bond donors (Lipinski definition) is 3. The molecular formula is C32H32N4O6S. The van der Waals surface area contributed by atoms with E-state index in [2.05, 4.69) is 10.0 Å². The highest BCUT2D eigenvalue weighted by molar-refractivity contribution is 7.91. The lowest BCUT2D eigenvalue weighted by atomic mass is 10.0. The van der Waals surface area contributed by atoms with Crippen LogP contribution in [0.2, 0.25) is 0 Å². The smallest absolute Gasteiger partial charge is 0.330 e. The van der Waals surface area contributed by atoms with E-state index >= 15 is 0 Å². The minimum Gasteiger partial charge on any atom is -0.497 e. The predicted octanol–water partition coefficient (Wildman–Crippen LogP) is 4.82. The molecule has 5 rings (SSSR count). The highest BCUT2D eigenvalue weighted by Gasteiger charge is 2.63. The summed E-state index contributed by atoms with van der Waals surface area (Å²) in [7, 11) is -1.17. The Morgan fingerprint density at radius 1 is 0.860 bits per heavy atom. The van der Waals surface area contributed by atoms with E-state index in [1.165, 1.54) is 17.0 Å². The van der Waals surface area contributed by atoms with Gasteiger partial charge in [-0.25, -0.2) is 9.52 Å². The predicted molar refractivity (Wildman–Crippen MR) is 164 cm³/mol. The second-order valence-corrected chi connectivity index (χ2v) is 11.6. The van der Waals surface area contributed by atoms with E-state index in [4.69, 9.17) is 9.47 Å². The number of benzene rings is 4. The Bertz CT molecular complexity index is 1670. The number of nitrogens with zero attached hydrogens (tertiary/aromatic N) is 1. The minimum absolute atomic E-state index is 0.228. The normalized spacial score (nSPS) is 17.3. The van der Waals surface area contributed by atoms with Crippen molar-refractivity contribution < 1.29 is 27.5 Å². The summed E-state index contributed by atoms with van der Waals surface area (Å²) in [6, 6.07) is 31.1. The third kappa shape index (κ3) is 7.07. The van der Waals surface area contributed by atoms with Gasteiger partial charge in [-0.3, -0.25) is 9.52 Å². The molecule has 4 aromatic carbocycles. The summed E-state index contributed by atoms with van der Waals surface area (Å²) in [5.74, 6) is 0.474. The van der Waals surface area contributed by atoms with Crippen LogP contribution in [0.15, 0.2) is 109 Å². The van der Waals surface area contributed by atoms with Gasteiger partial charge in [0, 0.05) is 18.7 Å². The van der Waals surface area contributed by atoms with Crippen LogP contribution >= 0.6 is 0 Å². The molecule has 0 saturated heterocycles. The number of nitrogens with one attached hydrogen (secondary N) is 3. The first-order valence-corrected chi connectivity index (χ1v) is 15.0. The average Bonchev–Trinajstić information content (AvgIpc) is 3.75. The van der Waals surface area contributed by atoms with E-state index < -0.39 is 21.8 Å². The number of amides is 3. The summed E-state index contributed by atoms with van der Waals surface area (Å²) < 4.78 is 40.9. The summed E-state index contributed by atoms with van der Waals surface area (Å²) in [5.41, 5.74) is 1.34. The van der Waals surface area contributed by atoms with Gasteiger partial charge in [-0.15, -0.1) is 0 Å². The van der Waals surface area contributed by atoms with Crippen LogP contribution in [0.5, 0.6) is 11.5 Å². The summed E-state index contributed by atoms with van der Waals surface area (Å²) in [4.78, 5) is 28.3. The van der Waals surface area contributed by atoms with Crippen molar-refractivity contribution in [2.75, 3.05) is 23.8 Å². The first-order valence-electron chi connectivity index (χ1n) is 13.6. The zero-order valence-electron chi connectivity index (χ0n) is 23.7. The molecule has 1 fully saturated rings. The van der Waals surface area contributed by atoms with Gasteiger partial charge >= 0.3 is 16.2 Å². The van der Waals surface area contributed by atoms with Crippen molar-refractivity contribution in [1.82, 2.24) is 10.0 Å². The lowest BCUT2D eigenvalue weighted by Gasteiger charge is -2.26. The second-order valence-electron chi connectivity index (χ2n) is 10.2. The van der Waals surface area contributed by atoms with Crippen molar-refractivity contribution in [3.63, 3.8) is 0 Å². The number of urea groups is 1. The Kier molecular flexibility index (Phi) is 8.53. The van der Waals surface area contributed by atoms with Gasteiger partial charge in [-0.05, 0) is 66.1 Å². The molecule has 0 unspecified atom stereocenters. The van der Waals surface area contributed by atoms with Gasteiger partial charge in [0.25, 0.3) is 5.91 Å². The number of carbonyl (C=O) groups is 2. The molecule has 0 heterocycles. The van der Waals surface area contributed by atoms with E-state index in [-0.39, 0.29) is 17.5 Å². The Hall–Kier alpha value is -5.03. The van der Waals surface area contributed by atoms with E-state index in [1.54, 1.807) is 50.6 Å². The van der Waals surface area contributed by atoms with Crippen molar-refractivity contribution in [3.05, 3.63) is 120 Å². The zero-order chi connectivity index (χ0) is 30.5. The highest BCUT2D eigenvalue weighted by atomic mass is 32.2. The van der Waals surface area contributed by atoms with E-state index in [1.807, 2.05) is 65.4 Å². The minimum atomic E-state index is -4.33. The Labute approximate surface area is 250 Å². The summed E-state index contributed by atoms with van der Waals surface area (Å²) in [6.45, 7) is 0.367.